The molecule has 4 rings (SSSR count). The summed E-state index contributed by atoms with van der Waals surface area (Å²) in [6, 6.07) is 12.5. The van der Waals surface area contributed by atoms with Crippen LogP contribution in [0.3, 0.4) is 0 Å². The van der Waals surface area contributed by atoms with Gasteiger partial charge in [-0.1, -0.05) is 23.7 Å². The summed E-state index contributed by atoms with van der Waals surface area (Å²) in [4.78, 5) is 29.7. The van der Waals surface area contributed by atoms with Gasteiger partial charge in [-0.25, -0.2) is 0 Å². The van der Waals surface area contributed by atoms with Gasteiger partial charge in [-0.3, -0.25) is 9.59 Å². The molecule has 1 fully saturated rings. The molecule has 0 radical (unpaired) electrons. The smallest absolute Gasteiger partial charge is 0.265 e. The highest BCUT2D eigenvalue weighted by Crippen LogP contribution is 2.34. The zero-order valence-corrected chi connectivity index (χ0v) is 18.2. The Bertz CT molecular complexity index is 962. The predicted molar refractivity (Wildman–Crippen MR) is 120 cm³/mol. The number of piperidine rings is 1. The van der Waals surface area contributed by atoms with Crippen LogP contribution in [0.15, 0.2) is 42.5 Å². The van der Waals surface area contributed by atoms with Gasteiger partial charge in [0.05, 0.1) is 31.6 Å². The third kappa shape index (κ3) is 4.88. The topological polar surface area (TPSA) is 71.1 Å². The number of fused-ring (bicyclic) bond motifs is 1. The van der Waals surface area contributed by atoms with E-state index in [-0.39, 0.29) is 18.4 Å². The Labute approximate surface area is 186 Å². The Balaban J connectivity index is 1.50. The average Bonchev–Trinajstić information content (AvgIpc) is 2.79. The molecule has 7 nitrogen and oxygen atoms in total. The molecule has 2 aliphatic heterocycles. The van der Waals surface area contributed by atoms with Gasteiger partial charge in [0, 0.05) is 18.1 Å². The van der Waals surface area contributed by atoms with Gasteiger partial charge in [0.15, 0.2) is 6.10 Å². The minimum absolute atomic E-state index is 0.0175. The fourth-order valence-corrected chi connectivity index (χ4v) is 4.22. The fraction of sp³-hybridized carbons (Fsp3) is 0.391. The average molecular weight is 444 g/mol. The number of rotatable bonds is 5. The number of hydrogen-bond acceptors (Lipinski definition) is 5. The molecule has 2 amide bonds. The normalized spacial score (nSPS) is 18.1. The van der Waals surface area contributed by atoms with Crippen LogP contribution in [0, 0.1) is 0 Å². The molecule has 2 heterocycles. The first-order valence-electron chi connectivity index (χ1n) is 10.5. The second-order valence-electron chi connectivity index (χ2n) is 7.73. The second-order valence-corrected chi connectivity index (χ2v) is 8.17. The van der Waals surface area contributed by atoms with Gasteiger partial charge in [-0.15, -0.1) is 0 Å². The zero-order valence-electron chi connectivity index (χ0n) is 17.5. The minimum atomic E-state index is -0.637. The molecule has 0 unspecified atom stereocenters. The van der Waals surface area contributed by atoms with E-state index >= 15 is 0 Å². The van der Waals surface area contributed by atoms with Crippen LogP contribution in [0.5, 0.6) is 11.5 Å². The fourth-order valence-electron chi connectivity index (χ4n) is 4.04. The molecule has 8 heteroatoms. The highest BCUT2D eigenvalue weighted by atomic mass is 35.5. The number of para-hydroxylation sites is 2. The van der Waals surface area contributed by atoms with E-state index in [1.165, 1.54) is 7.11 Å². The number of benzene rings is 2. The van der Waals surface area contributed by atoms with Crippen LogP contribution in [0.25, 0.3) is 0 Å². The zero-order chi connectivity index (χ0) is 21.8. The van der Waals surface area contributed by atoms with Crippen molar-refractivity contribution in [2.45, 2.75) is 25.4 Å². The third-order valence-electron chi connectivity index (χ3n) is 5.57. The maximum absolute atomic E-state index is 13.0. The summed E-state index contributed by atoms with van der Waals surface area (Å²) in [5.74, 6) is 0.882. The number of ether oxygens (including phenoxy) is 2. The van der Waals surface area contributed by atoms with Crippen molar-refractivity contribution in [1.29, 1.82) is 0 Å². The van der Waals surface area contributed by atoms with Crippen molar-refractivity contribution in [3.05, 3.63) is 47.5 Å². The van der Waals surface area contributed by atoms with E-state index in [2.05, 4.69) is 5.32 Å². The number of nitrogens with zero attached hydrogens (tertiary/aromatic N) is 2. The van der Waals surface area contributed by atoms with Gasteiger partial charge in [0.25, 0.3) is 5.91 Å². The van der Waals surface area contributed by atoms with Crippen molar-refractivity contribution in [2.24, 2.45) is 0 Å². The Morgan fingerprint density at radius 1 is 1.16 bits per heavy atom. The van der Waals surface area contributed by atoms with E-state index < -0.39 is 6.10 Å². The Hall–Kier alpha value is -2.93. The first-order valence-corrected chi connectivity index (χ1v) is 10.9. The van der Waals surface area contributed by atoms with E-state index in [1.54, 1.807) is 18.2 Å². The highest BCUT2D eigenvalue weighted by molar-refractivity contribution is 6.31. The van der Waals surface area contributed by atoms with Crippen molar-refractivity contribution in [3.63, 3.8) is 0 Å². The van der Waals surface area contributed by atoms with Gasteiger partial charge in [0.1, 0.15) is 11.5 Å². The SMILES string of the molecule is COc1ccc(Cl)cc1NC(=O)CN1C[C@@H](C(=O)N2CCCCC2)Oc2ccccc21. The van der Waals surface area contributed by atoms with E-state index in [1.807, 2.05) is 34.1 Å². The van der Waals surface area contributed by atoms with Crippen molar-refractivity contribution < 1.29 is 19.1 Å². The molecule has 164 valence electrons. The number of carbonyl (C=O) groups is 2. The van der Waals surface area contributed by atoms with Crippen molar-refractivity contribution in [2.75, 3.05) is 43.5 Å². The molecule has 1 atom stereocenters. The number of halogens is 1. The van der Waals surface area contributed by atoms with Crippen LogP contribution in [0.4, 0.5) is 11.4 Å². The summed E-state index contributed by atoms with van der Waals surface area (Å²) in [7, 11) is 1.54. The lowest BCUT2D eigenvalue weighted by atomic mass is 10.1. The summed E-state index contributed by atoms with van der Waals surface area (Å²) in [5.41, 5.74) is 1.29. The molecule has 2 aromatic carbocycles. The highest BCUT2D eigenvalue weighted by Gasteiger charge is 2.34. The van der Waals surface area contributed by atoms with Gasteiger partial charge in [-0.05, 0) is 49.6 Å². The number of nitrogens with one attached hydrogen (secondary N) is 1. The Morgan fingerprint density at radius 3 is 2.71 bits per heavy atom. The molecule has 1 saturated heterocycles. The van der Waals surface area contributed by atoms with E-state index in [4.69, 9.17) is 21.1 Å². The lowest BCUT2D eigenvalue weighted by molar-refractivity contribution is -0.139. The predicted octanol–water partition coefficient (Wildman–Crippen LogP) is 3.57. The molecular weight excluding hydrogens is 418 g/mol. The molecule has 2 aromatic rings. The van der Waals surface area contributed by atoms with E-state index in [0.717, 1.165) is 38.0 Å². The lowest BCUT2D eigenvalue weighted by Gasteiger charge is -2.38. The van der Waals surface area contributed by atoms with Gasteiger partial charge in [-0.2, -0.15) is 0 Å². The van der Waals surface area contributed by atoms with Crippen LogP contribution in [-0.4, -0.2) is 56.1 Å². The van der Waals surface area contributed by atoms with Crippen LogP contribution < -0.4 is 19.7 Å². The summed E-state index contributed by atoms with van der Waals surface area (Å²) in [6.07, 6.45) is 2.55. The molecule has 0 saturated carbocycles. The summed E-state index contributed by atoms with van der Waals surface area (Å²) >= 11 is 6.07. The molecule has 0 aromatic heterocycles. The monoisotopic (exact) mass is 443 g/mol. The molecule has 1 N–H and O–H groups in total. The number of anilines is 2. The number of methoxy groups -OCH3 is 1. The van der Waals surface area contributed by atoms with Crippen molar-refractivity contribution >= 4 is 34.8 Å². The molecule has 0 spiro atoms. The summed E-state index contributed by atoms with van der Waals surface area (Å²) < 4.78 is 11.3. The molecule has 0 aliphatic carbocycles. The number of carbonyl (C=O) groups excluding carboxylic acids is 2. The summed E-state index contributed by atoms with van der Waals surface area (Å²) in [5, 5.41) is 3.36. The Morgan fingerprint density at radius 2 is 1.94 bits per heavy atom. The maximum atomic E-state index is 13.0. The van der Waals surface area contributed by atoms with Crippen molar-refractivity contribution in [1.82, 2.24) is 4.90 Å². The van der Waals surface area contributed by atoms with Gasteiger partial charge < -0.3 is 24.6 Å². The molecule has 2 aliphatic rings. The van der Waals surface area contributed by atoms with E-state index in [9.17, 15) is 9.59 Å². The summed E-state index contributed by atoms with van der Waals surface area (Å²) in [6.45, 7) is 1.90. The number of amides is 2. The quantitative estimate of drug-likeness (QED) is 0.765. The molecule has 31 heavy (non-hydrogen) atoms. The first-order chi connectivity index (χ1) is 15.0. The number of likely N-dealkylation sites (tertiary alicyclic amines) is 1. The van der Waals surface area contributed by atoms with Crippen LogP contribution in [0.2, 0.25) is 5.02 Å². The van der Waals surface area contributed by atoms with Crippen LogP contribution in [-0.2, 0) is 9.59 Å². The second kappa shape index (κ2) is 9.47. The first kappa shape index (κ1) is 21.3. The number of hydrogen-bond donors (Lipinski definition) is 1. The van der Waals surface area contributed by atoms with Crippen molar-refractivity contribution in [3.8, 4) is 11.5 Å². The minimum Gasteiger partial charge on any atom is -0.495 e. The van der Waals surface area contributed by atoms with Gasteiger partial charge >= 0.3 is 0 Å². The standard InChI is InChI=1S/C23H26ClN3O4/c1-30-19-10-9-16(24)13-17(19)25-22(28)15-27-14-21(23(29)26-11-5-2-6-12-26)31-20-8-4-3-7-18(20)27/h3-4,7-10,13,21H,2,5-6,11-12,14-15H2,1H3,(H,25,28)/t21-/m0/s1. The van der Waals surface area contributed by atoms with Gasteiger partial charge in [0.2, 0.25) is 5.91 Å². The molecule has 0 bridgehead atoms. The third-order valence-corrected chi connectivity index (χ3v) is 5.81. The molecular formula is C23H26ClN3O4. The Kier molecular flexibility index (Phi) is 6.51. The lowest BCUT2D eigenvalue weighted by Crippen LogP contribution is -2.52. The van der Waals surface area contributed by atoms with Crippen LogP contribution in [0.1, 0.15) is 19.3 Å². The van der Waals surface area contributed by atoms with Crippen LogP contribution >= 0.6 is 11.6 Å². The van der Waals surface area contributed by atoms with E-state index in [0.29, 0.717) is 28.8 Å². The maximum Gasteiger partial charge on any atom is 0.265 e. The largest absolute Gasteiger partial charge is 0.495 e.